The third-order valence-electron chi connectivity index (χ3n) is 2.41. The van der Waals surface area contributed by atoms with Gasteiger partial charge in [0.1, 0.15) is 0 Å². The molecule has 1 heterocycles. The Bertz CT molecular complexity index is 191. The van der Waals surface area contributed by atoms with Crippen LogP contribution in [-0.2, 0) is 4.79 Å². The van der Waals surface area contributed by atoms with Crippen LogP contribution in [0.2, 0.25) is 0 Å². The molecule has 0 aromatic rings. The van der Waals surface area contributed by atoms with E-state index in [2.05, 4.69) is 23.8 Å². The van der Waals surface area contributed by atoms with Gasteiger partial charge in [-0.3, -0.25) is 4.79 Å². The van der Waals surface area contributed by atoms with E-state index in [-0.39, 0.29) is 5.91 Å². The predicted molar refractivity (Wildman–Crippen MR) is 53.5 cm³/mol. The number of nitrogens with zero attached hydrogens (tertiary/aromatic N) is 1. The molecule has 1 saturated heterocycles. The Morgan fingerprint density at radius 3 is 3.08 bits per heavy atom. The van der Waals surface area contributed by atoms with Crippen LogP contribution in [0.5, 0.6) is 0 Å². The van der Waals surface area contributed by atoms with Gasteiger partial charge in [-0.15, -0.1) is 0 Å². The molecule has 0 radical (unpaired) electrons. The van der Waals surface area contributed by atoms with Crippen molar-refractivity contribution in [2.75, 3.05) is 20.1 Å². The fraction of sp³-hybridized carbons (Fsp3) is 0.700. The van der Waals surface area contributed by atoms with Crippen molar-refractivity contribution in [3.8, 4) is 0 Å². The molecule has 1 unspecified atom stereocenters. The summed E-state index contributed by atoms with van der Waals surface area (Å²) in [4.78, 5) is 13.3. The van der Waals surface area contributed by atoms with E-state index in [0.29, 0.717) is 6.04 Å². The van der Waals surface area contributed by atoms with E-state index in [1.807, 2.05) is 0 Å². The molecule has 1 N–H and O–H groups in total. The van der Waals surface area contributed by atoms with Crippen LogP contribution in [0.3, 0.4) is 0 Å². The van der Waals surface area contributed by atoms with E-state index < -0.39 is 0 Å². The third kappa shape index (κ3) is 3.59. The molecule has 1 fully saturated rings. The van der Waals surface area contributed by atoms with Crippen LogP contribution in [-0.4, -0.2) is 37.0 Å². The first-order chi connectivity index (χ1) is 6.22. The molecule has 0 aromatic carbocycles. The summed E-state index contributed by atoms with van der Waals surface area (Å²) in [5.74, 6) is -0.0553. The number of hydrogen-bond acceptors (Lipinski definition) is 2. The van der Waals surface area contributed by atoms with E-state index in [1.165, 1.54) is 18.9 Å². The van der Waals surface area contributed by atoms with Crippen molar-refractivity contribution >= 4 is 5.91 Å². The highest BCUT2D eigenvalue weighted by molar-refractivity contribution is 5.87. The summed E-state index contributed by atoms with van der Waals surface area (Å²) in [6.45, 7) is 5.54. The molecule has 0 aliphatic carbocycles. The van der Waals surface area contributed by atoms with Crippen molar-refractivity contribution < 1.29 is 4.79 Å². The lowest BCUT2D eigenvalue weighted by atomic mass is 10.1. The van der Waals surface area contributed by atoms with E-state index in [9.17, 15) is 4.79 Å². The zero-order valence-corrected chi connectivity index (χ0v) is 8.25. The molecule has 13 heavy (non-hydrogen) atoms. The van der Waals surface area contributed by atoms with Crippen molar-refractivity contribution in [3.05, 3.63) is 12.7 Å². The summed E-state index contributed by atoms with van der Waals surface area (Å²) >= 11 is 0. The van der Waals surface area contributed by atoms with Crippen LogP contribution >= 0.6 is 0 Å². The fourth-order valence-electron chi connectivity index (χ4n) is 1.71. The Kier molecular flexibility index (Phi) is 3.96. The van der Waals surface area contributed by atoms with Crippen molar-refractivity contribution in [3.63, 3.8) is 0 Å². The van der Waals surface area contributed by atoms with Gasteiger partial charge < -0.3 is 10.2 Å². The Labute approximate surface area is 79.8 Å². The molecule has 0 aromatic heterocycles. The van der Waals surface area contributed by atoms with Crippen molar-refractivity contribution in [1.29, 1.82) is 0 Å². The van der Waals surface area contributed by atoms with Crippen LogP contribution in [0.25, 0.3) is 0 Å². The minimum atomic E-state index is -0.0553. The first kappa shape index (κ1) is 10.3. The maximum Gasteiger partial charge on any atom is 0.243 e. The average Bonchev–Trinajstić information content (AvgIpc) is 2.30. The molecule has 74 valence electrons. The summed E-state index contributed by atoms with van der Waals surface area (Å²) < 4.78 is 0. The van der Waals surface area contributed by atoms with Gasteiger partial charge in [-0.25, -0.2) is 0 Å². The standard InChI is InChI=1S/C10H18N2O/c1-3-10(13)11-9-6-4-5-7-12(2)8-9/h3,9H,1,4-8H2,2H3,(H,11,13). The Balaban J connectivity index is 2.38. The largest absolute Gasteiger partial charge is 0.349 e. The highest BCUT2D eigenvalue weighted by atomic mass is 16.1. The number of likely N-dealkylation sites (N-methyl/N-ethyl adjacent to an activating group) is 1. The minimum absolute atomic E-state index is 0.0553. The molecule has 3 heteroatoms. The predicted octanol–water partition coefficient (Wildman–Crippen LogP) is 0.773. The number of carbonyl (C=O) groups is 1. The van der Waals surface area contributed by atoms with Gasteiger partial charge in [0.15, 0.2) is 0 Å². The summed E-state index contributed by atoms with van der Waals surface area (Å²) in [5, 5.41) is 2.94. The van der Waals surface area contributed by atoms with Gasteiger partial charge in [0.05, 0.1) is 0 Å². The van der Waals surface area contributed by atoms with Crippen LogP contribution < -0.4 is 5.32 Å². The van der Waals surface area contributed by atoms with E-state index >= 15 is 0 Å². The molecule has 3 nitrogen and oxygen atoms in total. The number of amides is 1. The van der Waals surface area contributed by atoms with Gasteiger partial charge in [-0.05, 0) is 32.5 Å². The highest BCUT2D eigenvalue weighted by Gasteiger charge is 2.15. The van der Waals surface area contributed by atoms with Gasteiger partial charge in [0, 0.05) is 12.6 Å². The van der Waals surface area contributed by atoms with Crippen molar-refractivity contribution in [2.24, 2.45) is 0 Å². The number of likely N-dealkylation sites (tertiary alicyclic amines) is 1. The third-order valence-corrected chi connectivity index (χ3v) is 2.41. The molecule has 0 spiro atoms. The maximum absolute atomic E-state index is 11.1. The Morgan fingerprint density at radius 2 is 2.38 bits per heavy atom. The van der Waals surface area contributed by atoms with E-state index in [1.54, 1.807) is 0 Å². The van der Waals surface area contributed by atoms with Gasteiger partial charge in [0.25, 0.3) is 0 Å². The number of rotatable bonds is 2. The van der Waals surface area contributed by atoms with E-state index in [4.69, 9.17) is 0 Å². The lowest BCUT2D eigenvalue weighted by Crippen LogP contribution is -2.40. The van der Waals surface area contributed by atoms with Gasteiger partial charge >= 0.3 is 0 Å². The summed E-state index contributed by atoms with van der Waals surface area (Å²) in [6.07, 6.45) is 4.86. The van der Waals surface area contributed by atoms with Gasteiger partial charge in [-0.2, -0.15) is 0 Å². The molecule has 1 aliphatic rings. The second-order valence-corrected chi connectivity index (χ2v) is 3.67. The molecular formula is C10H18N2O. The van der Waals surface area contributed by atoms with Crippen molar-refractivity contribution in [1.82, 2.24) is 10.2 Å². The first-order valence-corrected chi connectivity index (χ1v) is 4.84. The average molecular weight is 182 g/mol. The highest BCUT2D eigenvalue weighted by Crippen LogP contribution is 2.08. The number of nitrogens with one attached hydrogen (secondary N) is 1. The molecule has 0 saturated carbocycles. The lowest BCUT2D eigenvalue weighted by molar-refractivity contribution is -0.117. The quantitative estimate of drug-likeness (QED) is 0.640. The van der Waals surface area contributed by atoms with E-state index in [0.717, 1.165) is 19.5 Å². The van der Waals surface area contributed by atoms with Gasteiger partial charge in [-0.1, -0.05) is 13.0 Å². The Morgan fingerprint density at radius 1 is 1.62 bits per heavy atom. The fourth-order valence-corrected chi connectivity index (χ4v) is 1.71. The van der Waals surface area contributed by atoms with Crippen LogP contribution in [0.15, 0.2) is 12.7 Å². The monoisotopic (exact) mass is 182 g/mol. The maximum atomic E-state index is 11.1. The summed E-state index contributed by atoms with van der Waals surface area (Å²) in [5.41, 5.74) is 0. The number of hydrogen-bond donors (Lipinski definition) is 1. The molecule has 1 amide bonds. The topological polar surface area (TPSA) is 32.3 Å². The van der Waals surface area contributed by atoms with Crippen molar-refractivity contribution in [2.45, 2.75) is 25.3 Å². The first-order valence-electron chi connectivity index (χ1n) is 4.84. The smallest absolute Gasteiger partial charge is 0.243 e. The minimum Gasteiger partial charge on any atom is -0.349 e. The summed E-state index contributed by atoms with van der Waals surface area (Å²) in [6, 6.07) is 0.304. The van der Waals surface area contributed by atoms with Gasteiger partial charge in [0.2, 0.25) is 5.91 Å². The number of carbonyl (C=O) groups excluding carboxylic acids is 1. The second kappa shape index (κ2) is 5.02. The second-order valence-electron chi connectivity index (χ2n) is 3.67. The van der Waals surface area contributed by atoms with Crippen LogP contribution in [0.4, 0.5) is 0 Å². The molecule has 1 atom stereocenters. The summed E-state index contributed by atoms with van der Waals surface area (Å²) in [7, 11) is 2.10. The van der Waals surface area contributed by atoms with Crippen LogP contribution in [0.1, 0.15) is 19.3 Å². The molecule has 0 bridgehead atoms. The molecule has 1 rings (SSSR count). The Hall–Kier alpha value is -0.830. The lowest BCUT2D eigenvalue weighted by Gasteiger charge is -2.20. The zero-order valence-electron chi connectivity index (χ0n) is 8.25. The van der Waals surface area contributed by atoms with Crippen LogP contribution in [0, 0.1) is 0 Å². The SMILES string of the molecule is C=CC(=O)NC1CCCCN(C)C1. The molecular weight excluding hydrogens is 164 g/mol. The normalized spacial score (nSPS) is 24.8. The zero-order chi connectivity index (χ0) is 9.68. The molecule has 1 aliphatic heterocycles.